The van der Waals surface area contributed by atoms with Gasteiger partial charge in [0.15, 0.2) is 0 Å². The third kappa shape index (κ3) is 3.38. The highest BCUT2D eigenvalue weighted by molar-refractivity contribution is 8.00. The van der Waals surface area contributed by atoms with Crippen molar-refractivity contribution in [2.24, 2.45) is 5.14 Å². The normalized spacial score (nSPS) is 12.1. The molecular weight excluding hydrogens is 278 g/mol. The number of sulfonamides is 1. The summed E-state index contributed by atoms with van der Waals surface area (Å²) in [5.41, 5.74) is 0. The third-order valence-electron chi connectivity index (χ3n) is 2.02. The number of fused-ring (bicyclic) bond motifs is 1. The summed E-state index contributed by atoms with van der Waals surface area (Å²) in [4.78, 5) is 10.4. The summed E-state index contributed by atoms with van der Waals surface area (Å²) in [6, 6.07) is 2.01. The molecule has 0 amide bonds. The highest BCUT2D eigenvalue weighted by atomic mass is 32.2. The van der Waals surface area contributed by atoms with Gasteiger partial charge < -0.3 is 0 Å². The van der Waals surface area contributed by atoms with Gasteiger partial charge in [0.05, 0.1) is 5.75 Å². The lowest BCUT2D eigenvalue weighted by Gasteiger charge is -2.00. The Bertz CT molecular complexity index is 636. The first-order valence-corrected chi connectivity index (χ1v) is 8.32. The van der Waals surface area contributed by atoms with Crippen LogP contribution in [0.1, 0.15) is 4.88 Å². The molecule has 0 saturated carbocycles. The van der Waals surface area contributed by atoms with E-state index in [0.717, 1.165) is 20.1 Å². The molecule has 0 aliphatic carbocycles. The number of nitrogens with two attached hydrogens (primary N) is 1. The predicted octanol–water partition coefficient (Wildman–Crippen LogP) is 1.38. The van der Waals surface area contributed by atoms with Crippen molar-refractivity contribution in [3.63, 3.8) is 0 Å². The Hall–Kier alpha value is -0.700. The number of primary sulfonamides is 1. The second kappa shape index (κ2) is 4.89. The second-order valence-electron chi connectivity index (χ2n) is 3.47. The summed E-state index contributed by atoms with van der Waals surface area (Å²) in [5.74, 6) is 0.353. The van der Waals surface area contributed by atoms with Crippen molar-refractivity contribution in [1.29, 1.82) is 0 Å². The van der Waals surface area contributed by atoms with Gasteiger partial charge >= 0.3 is 0 Å². The van der Waals surface area contributed by atoms with Crippen LogP contribution >= 0.6 is 23.1 Å². The molecule has 92 valence electrons. The molecule has 0 bridgehead atoms. The van der Waals surface area contributed by atoms with Gasteiger partial charge in [0, 0.05) is 16.0 Å². The Kier molecular flexibility index (Phi) is 3.67. The SMILES string of the molecule is Cc1cc2c(SCCS(N)(=O)=O)ncnc2s1. The van der Waals surface area contributed by atoms with E-state index in [9.17, 15) is 8.42 Å². The number of rotatable bonds is 4. The first kappa shape index (κ1) is 12.7. The van der Waals surface area contributed by atoms with Crippen LogP contribution in [0.15, 0.2) is 17.4 Å². The lowest BCUT2D eigenvalue weighted by atomic mass is 10.4. The van der Waals surface area contributed by atoms with E-state index in [1.54, 1.807) is 11.3 Å². The minimum atomic E-state index is -3.40. The molecule has 0 radical (unpaired) electrons. The molecule has 0 spiro atoms. The van der Waals surface area contributed by atoms with Crippen LogP contribution in [0, 0.1) is 6.92 Å². The largest absolute Gasteiger partial charge is 0.229 e. The van der Waals surface area contributed by atoms with Crippen molar-refractivity contribution in [1.82, 2.24) is 9.97 Å². The van der Waals surface area contributed by atoms with E-state index in [1.807, 2.05) is 13.0 Å². The number of hydrogen-bond acceptors (Lipinski definition) is 6. The molecule has 0 unspecified atom stereocenters. The Morgan fingerprint density at radius 3 is 2.94 bits per heavy atom. The van der Waals surface area contributed by atoms with Crippen LogP contribution < -0.4 is 5.14 Å². The Balaban J connectivity index is 2.18. The molecule has 0 aliphatic rings. The molecule has 0 fully saturated rings. The van der Waals surface area contributed by atoms with Crippen LogP contribution in [0.3, 0.4) is 0 Å². The van der Waals surface area contributed by atoms with Crippen molar-refractivity contribution < 1.29 is 8.42 Å². The fourth-order valence-corrected chi connectivity index (χ4v) is 4.12. The van der Waals surface area contributed by atoms with Gasteiger partial charge in [-0.25, -0.2) is 23.5 Å². The Labute approximate surface area is 108 Å². The fraction of sp³-hybridized carbons (Fsp3) is 0.333. The van der Waals surface area contributed by atoms with Crippen LogP contribution in [0.5, 0.6) is 0 Å². The van der Waals surface area contributed by atoms with Crippen LogP contribution in [-0.4, -0.2) is 29.9 Å². The molecule has 2 heterocycles. The molecule has 2 rings (SSSR count). The quantitative estimate of drug-likeness (QED) is 0.679. The molecule has 2 aromatic rings. The van der Waals surface area contributed by atoms with Gasteiger partial charge in [-0.1, -0.05) is 0 Å². The standard InChI is InChI=1S/C9H11N3O2S3/c1-6-4-7-8(11-5-12-9(7)16-6)15-2-3-17(10,13)14/h4-5H,2-3H2,1H3,(H2,10,13,14). The number of nitrogens with zero attached hydrogens (tertiary/aromatic N) is 2. The van der Waals surface area contributed by atoms with Crippen LogP contribution in [-0.2, 0) is 10.0 Å². The van der Waals surface area contributed by atoms with E-state index >= 15 is 0 Å². The predicted molar refractivity (Wildman–Crippen MR) is 70.9 cm³/mol. The highest BCUT2D eigenvalue weighted by Crippen LogP contribution is 2.30. The summed E-state index contributed by atoms with van der Waals surface area (Å²) < 4.78 is 21.6. The molecule has 17 heavy (non-hydrogen) atoms. The van der Waals surface area contributed by atoms with Gasteiger partial charge in [0.2, 0.25) is 10.0 Å². The fourth-order valence-electron chi connectivity index (χ4n) is 1.32. The maximum Gasteiger partial charge on any atom is 0.209 e. The summed E-state index contributed by atoms with van der Waals surface area (Å²) in [7, 11) is -3.40. The Morgan fingerprint density at radius 2 is 2.24 bits per heavy atom. The maximum absolute atomic E-state index is 10.8. The maximum atomic E-state index is 10.8. The van der Waals surface area contributed by atoms with Gasteiger partial charge in [0.25, 0.3) is 0 Å². The van der Waals surface area contributed by atoms with Gasteiger partial charge in [-0.15, -0.1) is 23.1 Å². The molecule has 0 aliphatic heterocycles. The lowest BCUT2D eigenvalue weighted by Crippen LogP contribution is -2.17. The van der Waals surface area contributed by atoms with E-state index in [2.05, 4.69) is 9.97 Å². The average molecular weight is 289 g/mol. The zero-order valence-corrected chi connectivity index (χ0v) is 11.5. The molecule has 2 N–H and O–H groups in total. The highest BCUT2D eigenvalue weighted by Gasteiger charge is 2.09. The molecule has 2 aromatic heterocycles. The molecule has 0 aromatic carbocycles. The van der Waals surface area contributed by atoms with Gasteiger partial charge in [0.1, 0.15) is 16.2 Å². The summed E-state index contributed by atoms with van der Waals surface area (Å²) in [6.07, 6.45) is 1.50. The first-order chi connectivity index (χ1) is 7.96. The average Bonchev–Trinajstić information content (AvgIpc) is 2.57. The van der Waals surface area contributed by atoms with E-state index in [-0.39, 0.29) is 5.75 Å². The summed E-state index contributed by atoms with van der Waals surface area (Å²) in [5, 5.41) is 6.73. The zero-order chi connectivity index (χ0) is 12.5. The van der Waals surface area contributed by atoms with E-state index in [4.69, 9.17) is 5.14 Å². The molecule has 5 nitrogen and oxygen atoms in total. The lowest BCUT2D eigenvalue weighted by molar-refractivity contribution is 0.599. The smallest absolute Gasteiger partial charge is 0.209 e. The van der Waals surface area contributed by atoms with Crippen molar-refractivity contribution in [3.05, 3.63) is 17.3 Å². The summed E-state index contributed by atoms with van der Waals surface area (Å²) >= 11 is 2.98. The number of hydrogen-bond donors (Lipinski definition) is 1. The monoisotopic (exact) mass is 289 g/mol. The number of thiophene rings is 1. The van der Waals surface area contributed by atoms with Crippen LogP contribution in [0.4, 0.5) is 0 Å². The van der Waals surface area contributed by atoms with Gasteiger partial charge in [-0.05, 0) is 13.0 Å². The number of aromatic nitrogens is 2. The van der Waals surface area contributed by atoms with Crippen molar-refractivity contribution >= 4 is 43.3 Å². The van der Waals surface area contributed by atoms with Crippen LogP contribution in [0.2, 0.25) is 0 Å². The summed E-state index contributed by atoms with van der Waals surface area (Å²) in [6.45, 7) is 2.01. The van der Waals surface area contributed by atoms with E-state index in [0.29, 0.717) is 5.75 Å². The van der Waals surface area contributed by atoms with E-state index < -0.39 is 10.0 Å². The molecule has 0 saturated heterocycles. The molecule has 0 atom stereocenters. The zero-order valence-electron chi connectivity index (χ0n) is 9.08. The van der Waals surface area contributed by atoms with Crippen molar-refractivity contribution in [2.75, 3.05) is 11.5 Å². The Morgan fingerprint density at radius 1 is 1.47 bits per heavy atom. The van der Waals surface area contributed by atoms with Gasteiger partial charge in [-0.2, -0.15) is 0 Å². The van der Waals surface area contributed by atoms with Crippen molar-refractivity contribution in [2.45, 2.75) is 11.9 Å². The van der Waals surface area contributed by atoms with Crippen LogP contribution in [0.25, 0.3) is 10.2 Å². The third-order valence-corrected chi connectivity index (χ3v) is 5.02. The number of aryl methyl sites for hydroxylation is 1. The van der Waals surface area contributed by atoms with Crippen molar-refractivity contribution in [3.8, 4) is 0 Å². The minimum absolute atomic E-state index is 0.0493. The van der Waals surface area contributed by atoms with E-state index in [1.165, 1.54) is 18.1 Å². The topological polar surface area (TPSA) is 85.9 Å². The molecular formula is C9H11N3O2S3. The first-order valence-electron chi connectivity index (χ1n) is 4.80. The second-order valence-corrected chi connectivity index (χ2v) is 7.52. The number of thioether (sulfide) groups is 1. The van der Waals surface area contributed by atoms with Gasteiger partial charge in [-0.3, -0.25) is 0 Å². The molecule has 8 heteroatoms. The minimum Gasteiger partial charge on any atom is -0.229 e.